The number of carbonyl (C=O) groups excluding carboxylic acids is 1. The summed E-state index contributed by atoms with van der Waals surface area (Å²) in [6.45, 7) is 1.79. The SMILES string of the molecule is Cc1cc(C(=O)Nc2cc(Cl)ccc2C(=O)O)ccc1N. The zero-order valence-corrected chi connectivity index (χ0v) is 11.9. The number of carbonyl (C=O) groups is 2. The van der Waals surface area contributed by atoms with E-state index in [1.54, 1.807) is 25.1 Å². The number of aromatic carboxylic acids is 1. The van der Waals surface area contributed by atoms with E-state index in [-0.39, 0.29) is 11.3 Å². The smallest absolute Gasteiger partial charge is 0.337 e. The number of hydrogen-bond donors (Lipinski definition) is 3. The van der Waals surface area contributed by atoms with E-state index in [0.717, 1.165) is 5.56 Å². The monoisotopic (exact) mass is 304 g/mol. The number of carboxylic acids is 1. The van der Waals surface area contributed by atoms with Crippen molar-refractivity contribution >= 4 is 34.9 Å². The third kappa shape index (κ3) is 3.32. The molecule has 0 atom stereocenters. The van der Waals surface area contributed by atoms with Gasteiger partial charge in [-0.3, -0.25) is 4.79 Å². The third-order valence-electron chi connectivity index (χ3n) is 2.99. The highest BCUT2D eigenvalue weighted by molar-refractivity contribution is 6.31. The molecule has 0 saturated carbocycles. The summed E-state index contributed by atoms with van der Waals surface area (Å²) in [4.78, 5) is 23.3. The second-order valence-electron chi connectivity index (χ2n) is 4.52. The molecule has 0 fully saturated rings. The molecule has 0 unspecified atom stereocenters. The molecule has 108 valence electrons. The van der Waals surface area contributed by atoms with Gasteiger partial charge in [0.15, 0.2) is 0 Å². The van der Waals surface area contributed by atoms with Crippen LogP contribution < -0.4 is 11.1 Å². The van der Waals surface area contributed by atoms with Gasteiger partial charge in [-0.25, -0.2) is 4.79 Å². The predicted octanol–water partition coefficient (Wildman–Crippen LogP) is 3.18. The van der Waals surface area contributed by atoms with Gasteiger partial charge in [-0.1, -0.05) is 11.6 Å². The van der Waals surface area contributed by atoms with Crippen molar-refractivity contribution < 1.29 is 14.7 Å². The largest absolute Gasteiger partial charge is 0.478 e. The summed E-state index contributed by atoms with van der Waals surface area (Å²) in [6.07, 6.45) is 0. The molecule has 0 aromatic heterocycles. The Morgan fingerprint density at radius 3 is 2.52 bits per heavy atom. The normalized spacial score (nSPS) is 10.2. The van der Waals surface area contributed by atoms with Gasteiger partial charge in [0.2, 0.25) is 0 Å². The Morgan fingerprint density at radius 2 is 1.90 bits per heavy atom. The molecule has 6 heteroatoms. The Balaban J connectivity index is 2.33. The molecule has 4 N–H and O–H groups in total. The molecule has 2 rings (SSSR count). The van der Waals surface area contributed by atoms with Crippen LogP contribution in [0.1, 0.15) is 26.3 Å². The van der Waals surface area contributed by atoms with Crippen molar-refractivity contribution in [1.82, 2.24) is 0 Å². The number of hydrogen-bond acceptors (Lipinski definition) is 3. The van der Waals surface area contributed by atoms with Crippen LogP contribution in [0, 0.1) is 6.92 Å². The first-order valence-electron chi connectivity index (χ1n) is 6.09. The molecule has 0 spiro atoms. The first kappa shape index (κ1) is 14.9. The van der Waals surface area contributed by atoms with Crippen LogP contribution in [0.4, 0.5) is 11.4 Å². The number of rotatable bonds is 3. The van der Waals surface area contributed by atoms with Crippen LogP contribution in [-0.4, -0.2) is 17.0 Å². The predicted molar refractivity (Wildman–Crippen MR) is 82.0 cm³/mol. The minimum absolute atomic E-state index is 0.0279. The van der Waals surface area contributed by atoms with Gasteiger partial charge in [0.25, 0.3) is 5.91 Å². The van der Waals surface area contributed by atoms with Crippen LogP contribution in [0.15, 0.2) is 36.4 Å². The Bertz CT molecular complexity index is 729. The third-order valence-corrected chi connectivity index (χ3v) is 3.23. The lowest BCUT2D eigenvalue weighted by atomic mass is 10.1. The number of aryl methyl sites for hydroxylation is 1. The topological polar surface area (TPSA) is 92.4 Å². The van der Waals surface area contributed by atoms with E-state index in [2.05, 4.69) is 5.32 Å². The molecule has 0 aliphatic rings. The second-order valence-corrected chi connectivity index (χ2v) is 4.96. The standard InChI is InChI=1S/C15H13ClN2O3/c1-8-6-9(2-5-12(8)17)14(19)18-13-7-10(16)3-4-11(13)15(20)21/h2-7H,17H2,1H3,(H,18,19)(H,20,21). The number of anilines is 2. The Kier molecular flexibility index (Phi) is 4.14. The average molecular weight is 305 g/mol. The molecule has 0 bridgehead atoms. The van der Waals surface area contributed by atoms with Crippen molar-refractivity contribution in [3.05, 3.63) is 58.1 Å². The van der Waals surface area contributed by atoms with E-state index in [1.807, 2.05) is 0 Å². The van der Waals surface area contributed by atoms with Crippen LogP contribution in [0.2, 0.25) is 5.02 Å². The summed E-state index contributed by atoms with van der Waals surface area (Å²) in [5, 5.41) is 12.0. The first-order chi connectivity index (χ1) is 9.88. The average Bonchev–Trinajstić information content (AvgIpc) is 2.41. The molecular weight excluding hydrogens is 292 g/mol. The zero-order valence-electron chi connectivity index (χ0n) is 11.2. The van der Waals surface area contributed by atoms with Crippen LogP contribution in [0.25, 0.3) is 0 Å². The highest BCUT2D eigenvalue weighted by atomic mass is 35.5. The number of amides is 1. The molecule has 0 radical (unpaired) electrons. The maximum atomic E-state index is 12.2. The van der Waals surface area contributed by atoms with Crippen molar-refractivity contribution in [2.45, 2.75) is 6.92 Å². The maximum absolute atomic E-state index is 12.2. The van der Waals surface area contributed by atoms with E-state index < -0.39 is 11.9 Å². The number of nitrogens with one attached hydrogen (secondary N) is 1. The van der Waals surface area contributed by atoms with Crippen LogP contribution in [0.3, 0.4) is 0 Å². The fourth-order valence-electron chi connectivity index (χ4n) is 1.82. The van der Waals surface area contributed by atoms with E-state index >= 15 is 0 Å². The van der Waals surface area contributed by atoms with Crippen LogP contribution in [-0.2, 0) is 0 Å². The summed E-state index contributed by atoms with van der Waals surface area (Å²) in [5.74, 6) is -1.57. The summed E-state index contributed by atoms with van der Waals surface area (Å²) in [5.41, 5.74) is 7.56. The molecule has 21 heavy (non-hydrogen) atoms. The highest BCUT2D eigenvalue weighted by Crippen LogP contribution is 2.22. The van der Waals surface area contributed by atoms with Crippen molar-refractivity contribution in [2.24, 2.45) is 0 Å². The van der Waals surface area contributed by atoms with Gasteiger partial charge in [0.1, 0.15) is 0 Å². The minimum atomic E-state index is -1.14. The van der Waals surface area contributed by atoms with Gasteiger partial charge >= 0.3 is 5.97 Å². The lowest BCUT2D eigenvalue weighted by Crippen LogP contribution is -2.15. The quantitative estimate of drug-likeness (QED) is 0.759. The van der Waals surface area contributed by atoms with Gasteiger partial charge in [-0.05, 0) is 48.9 Å². The van der Waals surface area contributed by atoms with Crippen molar-refractivity contribution in [3.63, 3.8) is 0 Å². The Labute approximate surface area is 126 Å². The highest BCUT2D eigenvalue weighted by Gasteiger charge is 2.14. The van der Waals surface area contributed by atoms with Crippen LogP contribution in [0.5, 0.6) is 0 Å². The summed E-state index contributed by atoms with van der Waals surface area (Å²) >= 11 is 5.84. The van der Waals surface area contributed by atoms with Crippen LogP contribution >= 0.6 is 11.6 Å². The molecule has 2 aromatic carbocycles. The fraction of sp³-hybridized carbons (Fsp3) is 0.0667. The number of nitrogen functional groups attached to an aromatic ring is 1. The number of nitrogens with two attached hydrogens (primary N) is 1. The van der Waals surface area contributed by atoms with Gasteiger partial charge in [-0.15, -0.1) is 0 Å². The molecule has 2 aromatic rings. The van der Waals surface area contributed by atoms with Gasteiger partial charge < -0.3 is 16.2 Å². The maximum Gasteiger partial charge on any atom is 0.337 e. The lowest BCUT2D eigenvalue weighted by Gasteiger charge is -2.10. The van der Waals surface area contributed by atoms with Crippen molar-refractivity contribution in [3.8, 4) is 0 Å². The lowest BCUT2D eigenvalue weighted by molar-refractivity contribution is 0.0698. The van der Waals surface area contributed by atoms with E-state index in [1.165, 1.54) is 18.2 Å². The number of carboxylic acid groups (broad SMARTS) is 1. The Morgan fingerprint density at radius 1 is 1.19 bits per heavy atom. The van der Waals surface area contributed by atoms with Crippen molar-refractivity contribution in [2.75, 3.05) is 11.1 Å². The van der Waals surface area contributed by atoms with E-state index in [9.17, 15) is 9.59 Å². The molecule has 0 aliphatic carbocycles. The summed E-state index contributed by atoms with van der Waals surface area (Å²) in [7, 11) is 0. The molecule has 1 amide bonds. The molecular formula is C15H13ClN2O3. The summed E-state index contributed by atoms with van der Waals surface area (Å²) < 4.78 is 0. The van der Waals surface area contributed by atoms with Gasteiger partial charge in [-0.2, -0.15) is 0 Å². The Hall–Kier alpha value is -2.53. The summed E-state index contributed by atoms with van der Waals surface area (Å²) in [6, 6.07) is 9.02. The van der Waals surface area contributed by atoms with E-state index in [4.69, 9.17) is 22.4 Å². The van der Waals surface area contributed by atoms with E-state index in [0.29, 0.717) is 16.3 Å². The molecule has 0 aliphatic heterocycles. The first-order valence-corrected chi connectivity index (χ1v) is 6.46. The molecule has 5 nitrogen and oxygen atoms in total. The number of benzene rings is 2. The minimum Gasteiger partial charge on any atom is -0.478 e. The zero-order chi connectivity index (χ0) is 15.6. The second kappa shape index (κ2) is 5.85. The van der Waals surface area contributed by atoms with Gasteiger partial charge in [0, 0.05) is 16.3 Å². The van der Waals surface area contributed by atoms with Gasteiger partial charge in [0.05, 0.1) is 11.3 Å². The van der Waals surface area contributed by atoms with Crippen molar-refractivity contribution in [1.29, 1.82) is 0 Å². The molecule has 0 heterocycles. The fourth-order valence-corrected chi connectivity index (χ4v) is 1.99. The molecule has 0 saturated heterocycles. The number of halogens is 1.